The number of nitrogens with zero attached hydrogens (tertiary/aromatic N) is 2. The molecule has 6 heteroatoms. The summed E-state index contributed by atoms with van der Waals surface area (Å²) in [6.07, 6.45) is 2.01. The normalized spacial score (nSPS) is 25.1. The Balaban J connectivity index is 1.91. The van der Waals surface area contributed by atoms with Gasteiger partial charge < -0.3 is 0 Å². The van der Waals surface area contributed by atoms with Gasteiger partial charge in [-0.05, 0) is 38.1 Å². The molecule has 2 heterocycles. The van der Waals surface area contributed by atoms with E-state index in [1.54, 1.807) is 18.2 Å². The molecule has 1 amide bonds. The minimum Gasteiger partial charge on any atom is -0.299 e. The smallest absolute Gasteiger partial charge is 0.269 e. The summed E-state index contributed by atoms with van der Waals surface area (Å²) < 4.78 is 26.0. The van der Waals surface area contributed by atoms with Crippen molar-refractivity contribution in [2.45, 2.75) is 30.7 Å². The molecule has 1 atom stereocenters. The van der Waals surface area contributed by atoms with Gasteiger partial charge >= 0.3 is 0 Å². The topological polar surface area (TPSA) is 57.7 Å². The van der Waals surface area contributed by atoms with Gasteiger partial charge in [-0.1, -0.05) is 19.1 Å². The first-order valence-corrected chi connectivity index (χ1v) is 8.40. The van der Waals surface area contributed by atoms with Crippen molar-refractivity contribution in [3.05, 3.63) is 29.8 Å². The molecule has 0 unspecified atom stereocenters. The maximum atomic E-state index is 12.5. The number of amides is 1. The van der Waals surface area contributed by atoms with Crippen LogP contribution in [0.4, 0.5) is 0 Å². The second-order valence-corrected chi connectivity index (χ2v) is 7.09. The molecule has 0 aliphatic carbocycles. The van der Waals surface area contributed by atoms with Gasteiger partial charge in [0.15, 0.2) is 0 Å². The standard InChI is InChI=1S/C14H18N2O3S/c1-2-15-9-5-6-11(15)10-16-14(17)12-7-3-4-8-13(12)20(16,18)19/h3-4,7-8,11H,2,5-6,9-10H2,1H3/t11-/m0/s1. The minimum absolute atomic E-state index is 0.144. The number of fused-ring (bicyclic) bond motifs is 1. The van der Waals surface area contributed by atoms with Crippen molar-refractivity contribution in [3.8, 4) is 0 Å². The summed E-state index contributed by atoms with van der Waals surface area (Å²) in [6.45, 7) is 4.20. The lowest BCUT2D eigenvalue weighted by Gasteiger charge is -2.26. The largest absolute Gasteiger partial charge is 0.299 e. The molecule has 1 aromatic rings. The van der Waals surface area contributed by atoms with Gasteiger partial charge in [0.25, 0.3) is 15.9 Å². The zero-order chi connectivity index (χ0) is 14.3. The van der Waals surface area contributed by atoms with E-state index in [0.29, 0.717) is 5.56 Å². The van der Waals surface area contributed by atoms with Gasteiger partial charge in [-0.15, -0.1) is 0 Å². The average molecular weight is 294 g/mol. The van der Waals surface area contributed by atoms with E-state index in [1.165, 1.54) is 6.07 Å². The molecule has 3 rings (SSSR count). The molecule has 0 bridgehead atoms. The SMILES string of the molecule is CCN1CCC[C@H]1CN1C(=O)c2ccccc2S1(=O)=O. The maximum absolute atomic E-state index is 12.5. The number of likely N-dealkylation sites (N-methyl/N-ethyl adjacent to an activating group) is 1. The van der Waals surface area contributed by atoms with E-state index in [4.69, 9.17) is 0 Å². The Bertz CT molecular complexity index is 642. The molecule has 1 fully saturated rings. The predicted octanol–water partition coefficient (Wildman–Crippen LogP) is 1.32. The van der Waals surface area contributed by atoms with Crippen LogP contribution in [0.5, 0.6) is 0 Å². The van der Waals surface area contributed by atoms with Gasteiger partial charge in [-0.3, -0.25) is 9.69 Å². The molecule has 1 aromatic carbocycles. The van der Waals surface area contributed by atoms with Crippen molar-refractivity contribution in [1.82, 2.24) is 9.21 Å². The van der Waals surface area contributed by atoms with Crippen LogP contribution >= 0.6 is 0 Å². The van der Waals surface area contributed by atoms with E-state index >= 15 is 0 Å². The summed E-state index contributed by atoms with van der Waals surface area (Å²) in [7, 11) is -3.66. The van der Waals surface area contributed by atoms with E-state index < -0.39 is 10.0 Å². The van der Waals surface area contributed by atoms with E-state index in [-0.39, 0.29) is 23.4 Å². The molecule has 0 aromatic heterocycles. The summed E-state index contributed by atoms with van der Waals surface area (Å²) >= 11 is 0. The monoisotopic (exact) mass is 294 g/mol. The van der Waals surface area contributed by atoms with Gasteiger partial charge in [0.1, 0.15) is 4.90 Å². The molecule has 0 radical (unpaired) electrons. The lowest BCUT2D eigenvalue weighted by Crippen LogP contribution is -2.42. The third kappa shape index (κ3) is 1.94. The number of benzene rings is 1. The number of hydrogen-bond acceptors (Lipinski definition) is 4. The lowest BCUT2D eigenvalue weighted by molar-refractivity contribution is 0.0844. The lowest BCUT2D eigenvalue weighted by atomic mass is 10.2. The van der Waals surface area contributed by atoms with Crippen molar-refractivity contribution < 1.29 is 13.2 Å². The quantitative estimate of drug-likeness (QED) is 0.843. The summed E-state index contributed by atoms with van der Waals surface area (Å²) in [5, 5.41) is 0. The Morgan fingerprint density at radius 1 is 1.30 bits per heavy atom. The molecule has 20 heavy (non-hydrogen) atoms. The van der Waals surface area contributed by atoms with Gasteiger partial charge in [0.05, 0.1) is 12.1 Å². The summed E-state index contributed by atoms with van der Waals surface area (Å²) in [4.78, 5) is 14.7. The predicted molar refractivity (Wildman–Crippen MR) is 74.9 cm³/mol. The van der Waals surface area contributed by atoms with E-state index in [1.807, 2.05) is 0 Å². The van der Waals surface area contributed by atoms with Gasteiger partial charge in [0.2, 0.25) is 0 Å². The van der Waals surface area contributed by atoms with Crippen molar-refractivity contribution >= 4 is 15.9 Å². The minimum atomic E-state index is -3.66. The molecule has 0 saturated carbocycles. The van der Waals surface area contributed by atoms with Crippen molar-refractivity contribution in [2.24, 2.45) is 0 Å². The fraction of sp³-hybridized carbons (Fsp3) is 0.500. The first-order valence-electron chi connectivity index (χ1n) is 6.96. The third-order valence-corrected chi connectivity index (χ3v) is 6.00. The van der Waals surface area contributed by atoms with Crippen LogP contribution in [0.25, 0.3) is 0 Å². The van der Waals surface area contributed by atoms with Gasteiger partial charge in [0, 0.05) is 6.04 Å². The Labute approximate surface area is 119 Å². The van der Waals surface area contributed by atoms with Crippen LogP contribution < -0.4 is 0 Å². The second-order valence-electron chi connectivity index (χ2n) is 5.26. The highest BCUT2D eigenvalue weighted by atomic mass is 32.2. The number of carbonyl (C=O) groups is 1. The summed E-state index contributed by atoms with van der Waals surface area (Å²) in [5.41, 5.74) is 0.300. The Hall–Kier alpha value is -1.40. The van der Waals surface area contributed by atoms with Crippen LogP contribution in [0.1, 0.15) is 30.1 Å². The Morgan fingerprint density at radius 2 is 2.05 bits per heavy atom. The molecule has 5 nitrogen and oxygen atoms in total. The molecule has 2 aliphatic heterocycles. The van der Waals surface area contributed by atoms with E-state index in [9.17, 15) is 13.2 Å². The number of rotatable bonds is 3. The van der Waals surface area contributed by atoms with Crippen molar-refractivity contribution in [1.29, 1.82) is 0 Å². The molecular formula is C14H18N2O3S. The molecule has 1 saturated heterocycles. The fourth-order valence-electron chi connectivity index (χ4n) is 3.12. The second kappa shape index (κ2) is 4.86. The highest BCUT2D eigenvalue weighted by Gasteiger charge is 2.42. The molecule has 2 aliphatic rings. The highest BCUT2D eigenvalue weighted by molar-refractivity contribution is 7.90. The first-order chi connectivity index (χ1) is 9.55. The van der Waals surface area contributed by atoms with E-state index in [0.717, 1.165) is 30.2 Å². The molecule has 0 spiro atoms. The summed E-state index contributed by atoms with van der Waals surface area (Å²) in [5.74, 6) is -0.386. The number of carbonyl (C=O) groups excluding carboxylic acids is 1. The third-order valence-electron chi connectivity index (χ3n) is 4.19. The van der Waals surface area contributed by atoms with Crippen molar-refractivity contribution in [2.75, 3.05) is 19.6 Å². The fourth-order valence-corrected chi connectivity index (χ4v) is 4.73. The Morgan fingerprint density at radius 3 is 2.75 bits per heavy atom. The zero-order valence-corrected chi connectivity index (χ0v) is 12.3. The number of likely N-dealkylation sites (tertiary alicyclic amines) is 1. The molecule has 108 valence electrons. The zero-order valence-electron chi connectivity index (χ0n) is 11.4. The molecule has 0 N–H and O–H groups in total. The molecular weight excluding hydrogens is 276 g/mol. The highest BCUT2D eigenvalue weighted by Crippen LogP contribution is 2.31. The van der Waals surface area contributed by atoms with Crippen LogP contribution in [-0.4, -0.2) is 49.2 Å². The summed E-state index contributed by atoms with van der Waals surface area (Å²) in [6, 6.07) is 6.59. The maximum Gasteiger partial charge on any atom is 0.269 e. The number of hydrogen-bond donors (Lipinski definition) is 0. The average Bonchev–Trinajstić information content (AvgIpc) is 2.97. The van der Waals surface area contributed by atoms with Crippen LogP contribution in [0.15, 0.2) is 29.2 Å². The van der Waals surface area contributed by atoms with Crippen LogP contribution in [-0.2, 0) is 10.0 Å². The van der Waals surface area contributed by atoms with Gasteiger partial charge in [-0.25, -0.2) is 12.7 Å². The van der Waals surface area contributed by atoms with Crippen molar-refractivity contribution in [3.63, 3.8) is 0 Å². The van der Waals surface area contributed by atoms with Crippen LogP contribution in [0, 0.1) is 0 Å². The number of sulfonamides is 1. The van der Waals surface area contributed by atoms with Crippen LogP contribution in [0.3, 0.4) is 0 Å². The van der Waals surface area contributed by atoms with Gasteiger partial charge in [-0.2, -0.15) is 0 Å². The van der Waals surface area contributed by atoms with Crippen LogP contribution in [0.2, 0.25) is 0 Å². The Kier molecular flexibility index (Phi) is 3.30. The first kappa shape index (κ1) is 13.6. The van der Waals surface area contributed by atoms with E-state index in [2.05, 4.69) is 11.8 Å².